The molecule has 0 spiro atoms. The van der Waals surface area contributed by atoms with Gasteiger partial charge in [0.2, 0.25) is 0 Å². The van der Waals surface area contributed by atoms with Gasteiger partial charge >= 0.3 is 5.97 Å². The van der Waals surface area contributed by atoms with Crippen LogP contribution >= 0.6 is 27.5 Å². The first-order valence-corrected chi connectivity index (χ1v) is 10.1. The number of pyridine rings is 1. The molecule has 0 radical (unpaired) electrons. The number of carboxylic acids is 1. The van der Waals surface area contributed by atoms with Crippen LogP contribution in [0.25, 0.3) is 11.1 Å². The Labute approximate surface area is 177 Å². The van der Waals surface area contributed by atoms with Gasteiger partial charge in [-0.05, 0) is 54.4 Å². The molecule has 2 aromatic carbocycles. The lowest BCUT2D eigenvalue weighted by atomic mass is 9.98. The highest BCUT2D eigenvalue weighted by molar-refractivity contribution is 9.10. The molecule has 0 aliphatic heterocycles. The van der Waals surface area contributed by atoms with E-state index in [-0.39, 0.29) is 12.2 Å². The van der Waals surface area contributed by atoms with Crippen molar-refractivity contribution in [2.24, 2.45) is 0 Å². The van der Waals surface area contributed by atoms with Crippen molar-refractivity contribution >= 4 is 33.5 Å². The van der Waals surface area contributed by atoms with Crippen LogP contribution in [-0.2, 0) is 13.0 Å². The van der Waals surface area contributed by atoms with E-state index in [2.05, 4.69) is 27.8 Å². The van der Waals surface area contributed by atoms with Crippen LogP contribution in [0.1, 0.15) is 35.1 Å². The van der Waals surface area contributed by atoms with E-state index < -0.39 is 5.97 Å². The quantitative estimate of drug-likeness (QED) is 0.443. The van der Waals surface area contributed by atoms with Crippen LogP contribution in [0, 0.1) is 0 Å². The van der Waals surface area contributed by atoms with E-state index in [0.717, 1.165) is 34.1 Å². The Morgan fingerprint density at radius 1 is 1.11 bits per heavy atom. The Balaban J connectivity index is 1.99. The van der Waals surface area contributed by atoms with Gasteiger partial charge in [-0.2, -0.15) is 0 Å². The molecular weight excluding hydrogens is 442 g/mol. The largest absolute Gasteiger partial charge is 0.487 e. The van der Waals surface area contributed by atoms with Gasteiger partial charge in [-0.25, -0.2) is 4.79 Å². The second kappa shape index (κ2) is 9.22. The Bertz CT molecular complexity index is 972. The lowest BCUT2D eigenvalue weighted by Gasteiger charge is -2.15. The number of hydrogen-bond donors (Lipinski definition) is 1. The molecule has 28 heavy (non-hydrogen) atoms. The zero-order valence-corrected chi connectivity index (χ0v) is 17.6. The fourth-order valence-electron chi connectivity index (χ4n) is 2.88. The Hall–Kier alpha value is -2.37. The highest BCUT2D eigenvalue weighted by Crippen LogP contribution is 2.28. The molecule has 3 aromatic rings. The zero-order valence-electron chi connectivity index (χ0n) is 15.3. The fourth-order valence-corrected chi connectivity index (χ4v) is 3.27. The smallest absolute Gasteiger partial charge is 0.337 e. The Morgan fingerprint density at radius 3 is 2.39 bits per heavy atom. The van der Waals surface area contributed by atoms with Gasteiger partial charge in [0, 0.05) is 20.8 Å². The maximum atomic E-state index is 11.9. The molecule has 0 saturated heterocycles. The third kappa shape index (κ3) is 4.91. The predicted molar refractivity (Wildman–Crippen MR) is 114 cm³/mol. The van der Waals surface area contributed by atoms with Gasteiger partial charge in [-0.3, -0.25) is 4.98 Å². The van der Waals surface area contributed by atoms with Gasteiger partial charge in [0.25, 0.3) is 0 Å². The molecule has 1 aromatic heterocycles. The zero-order chi connectivity index (χ0) is 20.1. The van der Waals surface area contributed by atoms with Gasteiger partial charge in [0.1, 0.15) is 12.4 Å². The number of benzene rings is 2. The molecule has 0 unspecified atom stereocenters. The molecule has 0 bridgehead atoms. The SMILES string of the molecule is CCCc1nc(COc2ccc(Cl)cc2)c(C(=O)O)cc1-c1ccc(Br)cc1. The first-order valence-electron chi connectivity index (χ1n) is 8.88. The number of aromatic nitrogens is 1. The highest BCUT2D eigenvalue weighted by Gasteiger charge is 2.18. The van der Waals surface area contributed by atoms with Gasteiger partial charge in [-0.15, -0.1) is 0 Å². The first-order chi connectivity index (χ1) is 13.5. The topological polar surface area (TPSA) is 59.4 Å². The van der Waals surface area contributed by atoms with Crippen molar-refractivity contribution in [1.82, 2.24) is 4.98 Å². The molecule has 0 aliphatic carbocycles. The van der Waals surface area contributed by atoms with Crippen molar-refractivity contribution in [2.75, 3.05) is 0 Å². The molecule has 0 aliphatic rings. The van der Waals surface area contributed by atoms with Crippen LogP contribution in [0.5, 0.6) is 5.75 Å². The minimum absolute atomic E-state index is 0.0700. The maximum Gasteiger partial charge on any atom is 0.337 e. The standard InChI is InChI=1S/C22H19BrClNO3/c1-2-3-20-18(14-4-6-15(23)7-5-14)12-19(22(26)27)21(25-20)13-28-17-10-8-16(24)9-11-17/h4-12H,2-3,13H2,1H3,(H,26,27). The molecular formula is C22H19BrClNO3. The number of carbonyl (C=O) groups is 1. The number of aromatic carboxylic acids is 1. The van der Waals surface area contributed by atoms with E-state index in [9.17, 15) is 9.90 Å². The monoisotopic (exact) mass is 459 g/mol. The fraction of sp³-hybridized carbons (Fsp3) is 0.182. The predicted octanol–water partition coefficient (Wildman–Crippen LogP) is 6.39. The summed E-state index contributed by atoms with van der Waals surface area (Å²) in [6.07, 6.45) is 1.65. The normalized spacial score (nSPS) is 10.7. The second-order valence-electron chi connectivity index (χ2n) is 6.28. The summed E-state index contributed by atoms with van der Waals surface area (Å²) in [5.41, 5.74) is 3.19. The molecule has 0 fully saturated rings. The summed E-state index contributed by atoms with van der Waals surface area (Å²) in [5.74, 6) is -0.416. The van der Waals surface area contributed by atoms with E-state index in [4.69, 9.17) is 16.3 Å². The van der Waals surface area contributed by atoms with E-state index >= 15 is 0 Å². The second-order valence-corrected chi connectivity index (χ2v) is 7.63. The van der Waals surface area contributed by atoms with Crippen molar-refractivity contribution in [2.45, 2.75) is 26.4 Å². The molecule has 3 rings (SSSR count). The van der Waals surface area contributed by atoms with Crippen LogP contribution in [-0.4, -0.2) is 16.1 Å². The molecule has 4 nitrogen and oxygen atoms in total. The number of aryl methyl sites for hydroxylation is 1. The van der Waals surface area contributed by atoms with Crippen molar-refractivity contribution < 1.29 is 14.6 Å². The summed E-state index contributed by atoms with van der Waals surface area (Å²) < 4.78 is 6.71. The van der Waals surface area contributed by atoms with Crippen molar-refractivity contribution in [3.8, 4) is 16.9 Å². The van der Waals surface area contributed by atoms with E-state index in [1.807, 2.05) is 24.3 Å². The molecule has 144 valence electrons. The number of carboxylic acid groups (broad SMARTS) is 1. The maximum absolute atomic E-state index is 11.9. The third-order valence-corrected chi connectivity index (χ3v) is 5.02. The summed E-state index contributed by atoms with van der Waals surface area (Å²) in [6, 6.07) is 16.4. The summed E-state index contributed by atoms with van der Waals surface area (Å²) in [5, 5.41) is 10.3. The van der Waals surface area contributed by atoms with Crippen LogP contribution in [0.4, 0.5) is 0 Å². The summed E-state index contributed by atoms with van der Waals surface area (Å²) >= 11 is 9.32. The molecule has 1 N–H and O–H groups in total. The summed E-state index contributed by atoms with van der Waals surface area (Å²) in [7, 11) is 0. The van der Waals surface area contributed by atoms with Crippen LogP contribution in [0.15, 0.2) is 59.1 Å². The average molecular weight is 461 g/mol. The minimum Gasteiger partial charge on any atom is -0.487 e. The van der Waals surface area contributed by atoms with Gasteiger partial charge in [0.15, 0.2) is 0 Å². The third-order valence-electron chi connectivity index (χ3n) is 4.24. The minimum atomic E-state index is -1.02. The summed E-state index contributed by atoms with van der Waals surface area (Å²) in [4.78, 5) is 16.5. The number of nitrogens with zero attached hydrogens (tertiary/aromatic N) is 1. The van der Waals surface area contributed by atoms with Crippen molar-refractivity contribution in [3.05, 3.63) is 81.0 Å². The van der Waals surface area contributed by atoms with E-state index in [0.29, 0.717) is 16.5 Å². The Morgan fingerprint density at radius 2 is 1.79 bits per heavy atom. The highest BCUT2D eigenvalue weighted by atomic mass is 79.9. The van der Waals surface area contributed by atoms with E-state index in [1.165, 1.54) is 0 Å². The number of ether oxygens (including phenoxy) is 1. The molecule has 0 saturated carbocycles. The molecule has 1 heterocycles. The van der Waals surface area contributed by atoms with E-state index in [1.54, 1.807) is 30.3 Å². The van der Waals surface area contributed by atoms with Crippen molar-refractivity contribution in [3.63, 3.8) is 0 Å². The van der Waals surface area contributed by atoms with Crippen LogP contribution in [0.2, 0.25) is 5.02 Å². The number of rotatable bonds is 7. The van der Waals surface area contributed by atoms with Gasteiger partial charge in [-0.1, -0.05) is 53.0 Å². The molecule has 0 atom stereocenters. The van der Waals surface area contributed by atoms with Crippen molar-refractivity contribution in [1.29, 1.82) is 0 Å². The Kier molecular flexibility index (Phi) is 6.70. The van der Waals surface area contributed by atoms with Gasteiger partial charge < -0.3 is 9.84 Å². The number of halogens is 2. The van der Waals surface area contributed by atoms with Crippen LogP contribution < -0.4 is 4.74 Å². The van der Waals surface area contributed by atoms with Crippen LogP contribution in [0.3, 0.4) is 0 Å². The lowest BCUT2D eigenvalue weighted by Crippen LogP contribution is -2.11. The first kappa shape index (κ1) is 20.4. The molecule has 6 heteroatoms. The molecule has 0 amide bonds. The average Bonchev–Trinajstić information content (AvgIpc) is 2.68. The summed E-state index contributed by atoms with van der Waals surface area (Å²) in [6.45, 7) is 2.14. The number of hydrogen-bond acceptors (Lipinski definition) is 3. The van der Waals surface area contributed by atoms with Gasteiger partial charge in [0.05, 0.1) is 11.3 Å². The lowest BCUT2D eigenvalue weighted by molar-refractivity contribution is 0.0693.